The number of aromatic hydroxyl groups is 1. The third-order valence-electron chi connectivity index (χ3n) is 18.5. The van der Waals surface area contributed by atoms with Gasteiger partial charge < -0.3 is 53.8 Å². The first-order valence-corrected chi connectivity index (χ1v) is 30.1. The Kier molecular flexibility index (Phi) is 16.6. The van der Waals surface area contributed by atoms with Gasteiger partial charge in [-0.05, 0) is 110 Å². The standard InChI is InChI=1S/C33H40N6O2.C32H38N6O3.ClH/c1-3-31(40)37-12-14-38(15-13-37)32-28-9-11-39(30-18-23(2)17-24-7-4-5-8-27(24)30)22-29(28)34-33(35-32)41-16-6-10-36-20-25-19-26(25)21-36;1-2-30(40)36-11-13-37(14-12-36)31-27-8-10-38(29-18-25(39)17-22-6-3-4-7-26(22)29)21-28(27)33-32(34-31)41-15-5-9-35-19-23-16-24(23)20-35;/h3-5,7-8,17-18,25-26H,1,6,9-16,19-22H2,2H3;2-4,6-7,17-18,23-24,39H,1,5,8-16,19-21H2;1H. The summed E-state index contributed by atoms with van der Waals surface area (Å²) in [6, 6.07) is 25.9. The minimum Gasteiger partial charge on any atom is -0.508 e. The number of aromatic nitrogens is 4. The monoisotopic (exact) mass is 1140 g/mol. The van der Waals surface area contributed by atoms with Crippen molar-refractivity contribution in [3.05, 3.63) is 126 Å². The molecule has 83 heavy (non-hydrogen) atoms. The number of phenolic OH excluding ortho intramolecular Hbond substituents is 1. The van der Waals surface area contributed by atoms with Crippen LogP contribution < -0.4 is 29.1 Å². The Balaban J connectivity index is 0.000000162. The van der Waals surface area contributed by atoms with Gasteiger partial charge in [-0.3, -0.25) is 9.59 Å². The minimum absolute atomic E-state index is 0. The van der Waals surface area contributed by atoms with Crippen molar-refractivity contribution in [2.45, 2.75) is 58.5 Å². The molecule has 1 N–H and O–H groups in total. The first-order chi connectivity index (χ1) is 40.1. The lowest BCUT2D eigenvalue weighted by molar-refractivity contribution is -0.127. The van der Waals surface area contributed by atoms with E-state index in [1.807, 2.05) is 40.1 Å². The van der Waals surface area contributed by atoms with Crippen LogP contribution in [0.3, 0.4) is 0 Å². The topological polar surface area (TPSA) is 150 Å². The Morgan fingerprint density at radius 1 is 0.566 bits per heavy atom. The number of aryl methyl sites for hydroxylation is 1. The van der Waals surface area contributed by atoms with Crippen molar-refractivity contribution in [3.63, 3.8) is 0 Å². The molecule has 2 saturated carbocycles. The zero-order chi connectivity index (χ0) is 55.8. The summed E-state index contributed by atoms with van der Waals surface area (Å²) in [5, 5.41) is 15.1. The summed E-state index contributed by atoms with van der Waals surface area (Å²) in [4.78, 5) is 62.4. The zero-order valence-corrected chi connectivity index (χ0v) is 48.9. The van der Waals surface area contributed by atoms with Crippen LogP contribution in [0.25, 0.3) is 21.5 Å². The number of likely N-dealkylation sites (tertiary alicyclic amines) is 2. The highest BCUT2D eigenvalue weighted by Gasteiger charge is 2.45. The van der Waals surface area contributed by atoms with Gasteiger partial charge in [-0.15, -0.1) is 12.4 Å². The fourth-order valence-electron chi connectivity index (χ4n) is 13.9. The van der Waals surface area contributed by atoms with Gasteiger partial charge in [0.1, 0.15) is 17.4 Å². The molecule has 6 aromatic rings. The molecule has 2 aliphatic carbocycles. The van der Waals surface area contributed by atoms with E-state index in [0.717, 1.165) is 140 Å². The average molecular weight is 1140 g/mol. The molecule has 4 saturated heterocycles. The van der Waals surface area contributed by atoms with Crippen LogP contribution in [0.4, 0.5) is 23.0 Å². The highest BCUT2D eigenvalue weighted by atomic mass is 35.5. The molecule has 8 heterocycles. The van der Waals surface area contributed by atoms with Gasteiger partial charge in [-0.25, -0.2) is 0 Å². The number of anilines is 4. The van der Waals surface area contributed by atoms with Crippen molar-refractivity contribution >= 4 is 68.8 Å². The summed E-state index contributed by atoms with van der Waals surface area (Å²) in [5.74, 6) is 5.93. The number of carbonyl (C=O) groups is 2. The van der Waals surface area contributed by atoms with Gasteiger partial charge in [0.05, 0.1) is 37.7 Å². The number of piperazine rings is 2. The van der Waals surface area contributed by atoms with E-state index < -0.39 is 0 Å². The SMILES string of the molecule is C=CC(=O)N1CCN(c2nc(OCCCN3CC4CC4C3)nc3c2CCN(c2cc(C)cc4ccccc24)C3)CC1.C=CC(=O)N1CCN(c2nc(OCCCN3CC4CC4C3)nc3c2CCN(c2cc(O)cc4ccccc24)C3)CC1.Cl. The molecule has 2 amide bonds. The number of halogens is 1. The molecule has 436 valence electrons. The third kappa shape index (κ3) is 12.4. The molecule has 18 heteroatoms. The van der Waals surface area contributed by atoms with Crippen LogP contribution in [0.2, 0.25) is 0 Å². The fourth-order valence-corrected chi connectivity index (χ4v) is 13.9. The summed E-state index contributed by atoms with van der Waals surface area (Å²) in [5.41, 5.74) is 7.91. The first-order valence-electron chi connectivity index (χ1n) is 30.1. The molecule has 0 radical (unpaired) electrons. The maximum atomic E-state index is 12.2. The van der Waals surface area contributed by atoms with Gasteiger partial charge in [0.2, 0.25) is 11.8 Å². The summed E-state index contributed by atoms with van der Waals surface area (Å²) >= 11 is 0. The Morgan fingerprint density at radius 3 is 1.46 bits per heavy atom. The Hall–Kier alpha value is -7.21. The van der Waals surface area contributed by atoms with Crippen LogP contribution in [0.15, 0.2) is 98.1 Å². The van der Waals surface area contributed by atoms with Crippen LogP contribution in [0.1, 0.15) is 53.8 Å². The zero-order valence-electron chi connectivity index (χ0n) is 48.0. The van der Waals surface area contributed by atoms with Gasteiger partial charge in [-0.1, -0.05) is 67.8 Å². The number of benzene rings is 4. The van der Waals surface area contributed by atoms with E-state index in [2.05, 4.69) is 91.9 Å². The molecule has 0 spiro atoms. The quantitative estimate of drug-likeness (QED) is 0.0738. The summed E-state index contributed by atoms with van der Waals surface area (Å²) in [7, 11) is 0. The average Bonchev–Trinajstić information content (AvgIpc) is 4.47. The van der Waals surface area contributed by atoms with Crippen molar-refractivity contribution in [1.82, 2.24) is 39.5 Å². The summed E-state index contributed by atoms with van der Waals surface area (Å²) in [6.07, 6.45) is 9.25. The van der Waals surface area contributed by atoms with Gasteiger partial charge in [0.25, 0.3) is 0 Å². The number of hydrogen-bond acceptors (Lipinski definition) is 15. The Morgan fingerprint density at radius 2 is 1.00 bits per heavy atom. The number of piperidine rings is 2. The van der Waals surface area contributed by atoms with Crippen molar-refractivity contribution in [1.29, 1.82) is 0 Å². The molecule has 2 aromatic heterocycles. The number of fused-ring (bicyclic) bond motifs is 6. The number of carbonyl (C=O) groups excluding carboxylic acids is 2. The number of amides is 2. The summed E-state index contributed by atoms with van der Waals surface area (Å²) < 4.78 is 12.4. The maximum Gasteiger partial charge on any atom is 0.318 e. The van der Waals surface area contributed by atoms with Crippen LogP contribution in [-0.4, -0.2) is 174 Å². The lowest BCUT2D eigenvalue weighted by Gasteiger charge is -2.38. The fraction of sp³-hybridized carbons (Fsp3) is 0.477. The van der Waals surface area contributed by atoms with Crippen molar-refractivity contribution < 1.29 is 24.2 Å². The number of ether oxygens (including phenoxy) is 2. The number of phenols is 1. The lowest BCUT2D eigenvalue weighted by atomic mass is 10.0. The molecule has 17 nitrogen and oxygen atoms in total. The van der Waals surface area contributed by atoms with Crippen LogP contribution >= 0.6 is 12.4 Å². The minimum atomic E-state index is -0.0253. The molecular formula is C65H79ClN12O5. The molecule has 6 aliphatic heterocycles. The van der Waals surface area contributed by atoms with E-state index >= 15 is 0 Å². The van der Waals surface area contributed by atoms with Gasteiger partial charge in [0.15, 0.2) is 0 Å². The maximum absolute atomic E-state index is 12.2. The van der Waals surface area contributed by atoms with Crippen LogP contribution in [0.5, 0.6) is 17.8 Å². The molecule has 4 atom stereocenters. The van der Waals surface area contributed by atoms with E-state index in [9.17, 15) is 14.7 Å². The van der Waals surface area contributed by atoms with E-state index in [4.69, 9.17) is 29.4 Å². The number of hydrogen-bond donors (Lipinski definition) is 1. The molecule has 4 aromatic carbocycles. The van der Waals surface area contributed by atoms with E-state index in [1.165, 1.54) is 78.8 Å². The van der Waals surface area contributed by atoms with Gasteiger partial charge >= 0.3 is 12.0 Å². The Bertz CT molecular complexity index is 3140. The van der Waals surface area contributed by atoms with E-state index in [1.54, 1.807) is 0 Å². The van der Waals surface area contributed by atoms with Gasteiger partial charge in [0, 0.05) is 144 Å². The largest absolute Gasteiger partial charge is 0.508 e. The Labute approximate surface area is 494 Å². The molecule has 8 aliphatic rings. The second-order valence-corrected chi connectivity index (χ2v) is 24.0. The van der Waals surface area contributed by atoms with E-state index in [-0.39, 0.29) is 30.0 Å². The first kappa shape index (κ1) is 56.3. The second-order valence-electron chi connectivity index (χ2n) is 24.0. The molecule has 0 bridgehead atoms. The number of nitrogens with zero attached hydrogens (tertiary/aromatic N) is 12. The van der Waals surface area contributed by atoms with Crippen molar-refractivity contribution in [3.8, 4) is 17.8 Å². The predicted molar refractivity (Wildman–Crippen MR) is 329 cm³/mol. The highest BCUT2D eigenvalue weighted by molar-refractivity contribution is 5.96. The predicted octanol–water partition coefficient (Wildman–Crippen LogP) is 7.93. The smallest absolute Gasteiger partial charge is 0.318 e. The van der Waals surface area contributed by atoms with Crippen molar-refractivity contribution in [2.75, 3.05) is 138 Å². The van der Waals surface area contributed by atoms with E-state index in [0.29, 0.717) is 71.0 Å². The molecule has 14 rings (SSSR count). The van der Waals surface area contributed by atoms with Crippen LogP contribution in [-0.2, 0) is 35.5 Å². The second kappa shape index (κ2) is 24.6. The molecule has 6 fully saturated rings. The van der Waals surface area contributed by atoms with Crippen LogP contribution in [0, 0.1) is 30.6 Å². The lowest BCUT2D eigenvalue weighted by Crippen LogP contribution is -2.49. The third-order valence-corrected chi connectivity index (χ3v) is 18.5. The highest BCUT2D eigenvalue weighted by Crippen LogP contribution is 2.46. The normalized spacial score (nSPS) is 21.7. The van der Waals surface area contributed by atoms with Gasteiger partial charge in [-0.2, -0.15) is 19.9 Å². The molecular weight excluding hydrogens is 1060 g/mol. The van der Waals surface area contributed by atoms with Crippen molar-refractivity contribution in [2.24, 2.45) is 23.7 Å². The summed E-state index contributed by atoms with van der Waals surface area (Å²) in [6.45, 7) is 26.4. The number of rotatable bonds is 16. The molecule has 4 unspecified atom stereocenters.